The third kappa shape index (κ3) is 3.54. The van der Waals surface area contributed by atoms with Crippen molar-refractivity contribution in [3.8, 4) is 11.5 Å². The molecule has 0 radical (unpaired) electrons. The molecule has 0 aliphatic carbocycles. The SMILES string of the molecule is CC1C(=O)N2Cc3cnc4n3C(c3cccc(c3)Oc3cccc(c3)CN1C(=O)C2C)C(C)(C)S4. The number of carbonyl (C=O) groups is 2. The molecule has 2 aromatic carbocycles. The van der Waals surface area contributed by atoms with Crippen molar-refractivity contribution in [2.24, 2.45) is 0 Å². The number of amides is 2. The van der Waals surface area contributed by atoms with Gasteiger partial charge in [0, 0.05) is 11.3 Å². The molecule has 6 bridgehead atoms. The molecule has 180 valence electrons. The molecule has 7 nitrogen and oxygen atoms in total. The molecule has 4 aliphatic rings. The van der Waals surface area contributed by atoms with Crippen molar-refractivity contribution in [2.45, 2.75) is 68.8 Å². The van der Waals surface area contributed by atoms with Crippen molar-refractivity contribution in [1.82, 2.24) is 19.4 Å². The third-order valence-corrected chi connectivity index (χ3v) is 8.55. The number of thioether (sulfide) groups is 1. The number of imidazole rings is 1. The molecule has 0 spiro atoms. The summed E-state index contributed by atoms with van der Waals surface area (Å²) in [5, 5.41) is 0.924. The Morgan fingerprint density at radius 1 is 0.943 bits per heavy atom. The molecule has 2 amide bonds. The fraction of sp³-hybridized carbons (Fsp3) is 0.370. The van der Waals surface area contributed by atoms with Gasteiger partial charge in [0.05, 0.1) is 24.5 Å². The highest BCUT2D eigenvalue weighted by Crippen LogP contribution is 2.52. The van der Waals surface area contributed by atoms with Crippen molar-refractivity contribution in [3.63, 3.8) is 0 Å². The Morgan fingerprint density at radius 3 is 2.34 bits per heavy atom. The molecular formula is C27H28N4O3S. The lowest BCUT2D eigenvalue weighted by Crippen LogP contribution is -2.62. The number of rotatable bonds is 0. The van der Waals surface area contributed by atoms with E-state index in [1.807, 2.05) is 56.4 Å². The molecule has 4 aliphatic heterocycles. The van der Waals surface area contributed by atoms with Crippen LogP contribution in [0.4, 0.5) is 0 Å². The monoisotopic (exact) mass is 488 g/mol. The topological polar surface area (TPSA) is 67.7 Å². The first-order valence-corrected chi connectivity index (χ1v) is 12.8. The molecule has 8 heteroatoms. The number of fused-ring (bicyclic) bond motifs is 2. The predicted octanol–water partition coefficient (Wildman–Crippen LogP) is 4.61. The van der Waals surface area contributed by atoms with E-state index in [1.165, 1.54) is 0 Å². The highest BCUT2D eigenvalue weighted by atomic mass is 32.2. The van der Waals surface area contributed by atoms with Crippen LogP contribution in [0.3, 0.4) is 0 Å². The zero-order valence-electron chi connectivity index (χ0n) is 20.3. The Labute approximate surface area is 209 Å². The number of carbonyl (C=O) groups excluding carboxylic acids is 2. The van der Waals surface area contributed by atoms with Crippen LogP contribution in [0.2, 0.25) is 0 Å². The van der Waals surface area contributed by atoms with Crippen molar-refractivity contribution in [3.05, 3.63) is 71.5 Å². The first-order valence-electron chi connectivity index (χ1n) is 12.0. The first-order chi connectivity index (χ1) is 16.7. The minimum absolute atomic E-state index is 0.00242. The number of piperazine rings is 1. The molecular weight excluding hydrogens is 460 g/mol. The van der Waals surface area contributed by atoms with Crippen LogP contribution in [0.25, 0.3) is 0 Å². The normalized spacial score (nSPS) is 25.0. The van der Waals surface area contributed by atoms with Crippen molar-refractivity contribution >= 4 is 23.6 Å². The summed E-state index contributed by atoms with van der Waals surface area (Å²) >= 11 is 1.73. The summed E-state index contributed by atoms with van der Waals surface area (Å²) in [6.07, 6.45) is 1.85. The van der Waals surface area contributed by atoms with E-state index < -0.39 is 12.1 Å². The quantitative estimate of drug-likeness (QED) is 0.462. The second-order valence-corrected chi connectivity index (χ2v) is 11.7. The zero-order valence-corrected chi connectivity index (χ0v) is 21.1. The zero-order chi connectivity index (χ0) is 24.5. The van der Waals surface area contributed by atoms with Gasteiger partial charge in [-0.15, -0.1) is 0 Å². The average molecular weight is 489 g/mol. The number of ether oxygens (including phenoxy) is 1. The van der Waals surface area contributed by atoms with E-state index in [2.05, 4.69) is 30.5 Å². The van der Waals surface area contributed by atoms with Gasteiger partial charge in [0.25, 0.3) is 0 Å². The van der Waals surface area contributed by atoms with E-state index >= 15 is 0 Å². The van der Waals surface area contributed by atoms with Gasteiger partial charge in [-0.2, -0.15) is 0 Å². The minimum Gasteiger partial charge on any atom is -0.457 e. The maximum atomic E-state index is 13.5. The van der Waals surface area contributed by atoms with Crippen LogP contribution in [-0.4, -0.2) is 48.0 Å². The third-order valence-electron chi connectivity index (χ3n) is 7.32. The van der Waals surface area contributed by atoms with Crippen LogP contribution >= 0.6 is 11.8 Å². The van der Waals surface area contributed by atoms with Crippen LogP contribution in [0.1, 0.15) is 50.6 Å². The van der Waals surface area contributed by atoms with Gasteiger partial charge in [-0.05, 0) is 63.1 Å². The summed E-state index contributed by atoms with van der Waals surface area (Å²) < 4.78 is 8.35. The minimum atomic E-state index is -0.555. The summed E-state index contributed by atoms with van der Waals surface area (Å²) in [7, 11) is 0. The van der Waals surface area contributed by atoms with E-state index in [-0.39, 0.29) is 22.6 Å². The lowest BCUT2D eigenvalue weighted by atomic mass is 9.94. The van der Waals surface area contributed by atoms with E-state index in [0.717, 1.165) is 27.7 Å². The first kappa shape index (κ1) is 22.2. The molecule has 1 aromatic heterocycles. The van der Waals surface area contributed by atoms with Crippen LogP contribution in [0.15, 0.2) is 59.9 Å². The number of nitrogens with zero attached hydrogens (tertiary/aromatic N) is 4. The summed E-state index contributed by atoms with van der Waals surface area (Å²) in [4.78, 5) is 35.1. The molecule has 1 saturated heterocycles. The van der Waals surface area contributed by atoms with E-state index in [1.54, 1.807) is 21.6 Å². The lowest BCUT2D eigenvalue weighted by Gasteiger charge is -2.43. The van der Waals surface area contributed by atoms with Gasteiger partial charge < -0.3 is 19.1 Å². The average Bonchev–Trinajstić information content (AvgIpc) is 3.32. The van der Waals surface area contributed by atoms with Gasteiger partial charge in [-0.3, -0.25) is 9.59 Å². The number of hydrogen-bond acceptors (Lipinski definition) is 5. The molecule has 3 atom stereocenters. The highest BCUT2D eigenvalue weighted by molar-refractivity contribution is 8.00. The second-order valence-electron chi connectivity index (χ2n) is 10.1. The number of aromatic nitrogens is 2. The second kappa shape index (κ2) is 7.88. The van der Waals surface area contributed by atoms with Gasteiger partial charge in [-0.1, -0.05) is 36.0 Å². The Balaban J connectivity index is 1.54. The summed E-state index contributed by atoms with van der Waals surface area (Å²) in [5.41, 5.74) is 2.98. The summed E-state index contributed by atoms with van der Waals surface area (Å²) in [5.74, 6) is 1.37. The predicted molar refractivity (Wildman–Crippen MR) is 133 cm³/mol. The molecule has 35 heavy (non-hydrogen) atoms. The van der Waals surface area contributed by atoms with Crippen molar-refractivity contribution in [2.75, 3.05) is 0 Å². The Hall–Kier alpha value is -3.26. The molecule has 5 heterocycles. The molecule has 0 saturated carbocycles. The highest BCUT2D eigenvalue weighted by Gasteiger charge is 2.46. The van der Waals surface area contributed by atoms with Crippen molar-refractivity contribution in [1.29, 1.82) is 0 Å². The van der Waals surface area contributed by atoms with Crippen LogP contribution < -0.4 is 4.74 Å². The Morgan fingerprint density at radius 2 is 1.60 bits per heavy atom. The van der Waals surface area contributed by atoms with E-state index in [9.17, 15) is 9.59 Å². The Bertz CT molecular complexity index is 1350. The summed E-state index contributed by atoms with van der Waals surface area (Å²) in [6.45, 7) is 8.77. The standard InChI is InChI=1S/C27H28N4O3S/c1-16-25(33)30-15-20-13-28-26-31(20)23(27(3,4)35-26)19-8-6-10-22(12-19)34-21-9-5-7-18(11-21)14-29(16)24(32)17(30)2/h5-13,16-17,23H,14-15H2,1-4H3. The van der Waals surface area contributed by atoms with Gasteiger partial charge in [0.2, 0.25) is 11.8 Å². The smallest absolute Gasteiger partial charge is 0.246 e. The summed E-state index contributed by atoms with van der Waals surface area (Å²) in [6, 6.07) is 14.9. The van der Waals surface area contributed by atoms with Gasteiger partial charge in [0.15, 0.2) is 5.16 Å². The van der Waals surface area contributed by atoms with Crippen molar-refractivity contribution < 1.29 is 14.3 Å². The molecule has 0 N–H and O–H groups in total. The number of hydrogen-bond donors (Lipinski definition) is 0. The van der Waals surface area contributed by atoms with Gasteiger partial charge >= 0.3 is 0 Å². The molecule has 3 aromatic rings. The molecule has 3 unspecified atom stereocenters. The molecule has 1 fully saturated rings. The van der Waals surface area contributed by atoms with Crippen LogP contribution in [0.5, 0.6) is 11.5 Å². The maximum absolute atomic E-state index is 13.5. The largest absolute Gasteiger partial charge is 0.457 e. The fourth-order valence-electron chi connectivity index (χ4n) is 5.52. The van der Waals surface area contributed by atoms with E-state index in [4.69, 9.17) is 9.72 Å². The maximum Gasteiger partial charge on any atom is 0.246 e. The Kier molecular flexibility index (Phi) is 5.00. The number of benzene rings is 2. The van der Waals surface area contributed by atoms with Gasteiger partial charge in [0.1, 0.15) is 23.6 Å². The lowest BCUT2D eigenvalue weighted by molar-refractivity contribution is -0.161. The van der Waals surface area contributed by atoms with Crippen LogP contribution in [0, 0.1) is 0 Å². The van der Waals surface area contributed by atoms with E-state index in [0.29, 0.717) is 18.8 Å². The van der Waals surface area contributed by atoms with Gasteiger partial charge in [-0.25, -0.2) is 4.98 Å². The molecule has 7 rings (SSSR count). The fourth-order valence-corrected chi connectivity index (χ4v) is 6.77. The van der Waals surface area contributed by atoms with Crippen LogP contribution in [-0.2, 0) is 22.7 Å².